The van der Waals surface area contributed by atoms with Gasteiger partial charge in [0.05, 0.1) is 0 Å². The molecule has 0 aliphatic heterocycles. The highest BCUT2D eigenvalue weighted by molar-refractivity contribution is 6.45. The molecule has 4 unspecified atom stereocenters. The van der Waals surface area contributed by atoms with Crippen molar-refractivity contribution in [3.63, 3.8) is 0 Å². The van der Waals surface area contributed by atoms with Gasteiger partial charge in [0, 0.05) is 11.8 Å². The fourth-order valence-corrected chi connectivity index (χ4v) is 3.08. The zero-order valence-corrected chi connectivity index (χ0v) is 9.84. The Bertz CT molecular complexity index is 234. The zero-order chi connectivity index (χ0) is 11.3. The van der Waals surface area contributed by atoms with E-state index in [9.17, 15) is 13.2 Å². The van der Waals surface area contributed by atoms with Crippen LogP contribution in [0.1, 0.15) is 13.8 Å². The van der Waals surface area contributed by atoms with Crippen molar-refractivity contribution >= 4 is 34.8 Å². The molecule has 14 heavy (non-hydrogen) atoms. The molecule has 84 valence electrons. The average Bonchev–Trinajstić information content (AvgIpc) is 2.21. The smallest absolute Gasteiger partial charge is 0.239 e. The number of hydrogen-bond acceptors (Lipinski definition) is 0. The highest BCUT2D eigenvalue weighted by atomic mass is 35.5. The van der Waals surface area contributed by atoms with Gasteiger partial charge in [-0.2, -0.15) is 0 Å². The first kappa shape index (κ1) is 12.7. The topological polar surface area (TPSA) is 0 Å². The molecular weight excluding hydrogens is 259 g/mol. The summed E-state index contributed by atoms with van der Waals surface area (Å²) in [6.45, 7) is 2.59. The highest BCUT2D eigenvalue weighted by Gasteiger charge is 2.69. The number of halogens is 6. The van der Waals surface area contributed by atoms with Crippen molar-refractivity contribution in [2.45, 2.75) is 35.7 Å². The van der Waals surface area contributed by atoms with Crippen molar-refractivity contribution in [3.8, 4) is 0 Å². The summed E-state index contributed by atoms with van der Waals surface area (Å²) in [6.07, 6.45) is 0. The summed E-state index contributed by atoms with van der Waals surface area (Å²) >= 11 is 16.2. The molecule has 1 rings (SSSR count). The van der Waals surface area contributed by atoms with Crippen molar-refractivity contribution in [2.24, 2.45) is 11.8 Å². The largest absolute Gasteiger partial charge is 0.270 e. The minimum absolute atomic E-state index is 0.972. The standard InChI is InChI=1S/C8H10Cl3F3/c1-3-4(2)8(13,14)5(9)7(3,12)6(10)11/h3-6H,1-2H3. The second kappa shape index (κ2) is 3.60. The van der Waals surface area contributed by atoms with Crippen LogP contribution in [0.2, 0.25) is 0 Å². The van der Waals surface area contributed by atoms with Crippen LogP contribution < -0.4 is 0 Å². The number of rotatable bonds is 1. The van der Waals surface area contributed by atoms with Gasteiger partial charge in [-0.25, -0.2) is 13.2 Å². The summed E-state index contributed by atoms with van der Waals surface area (Å²) in [5.74, 6) is -5.42. The first-order valence-corrected chi connectivity index (χ1v) is 5.46. The van der Waals surface area contributed by atoms with E-state index in [4.69, 9.17) is 34.8 Å². The van der Waals surface area contributed by atoms with Crippen molar-refractivity contribution < 1.29 is 13.2 Å². The molecule has 0 nitrogen and oxygen atoms in total. The summed E-state index contributed by atoms with van der Waals surface area (Å²) in [6, 6.07) is 0. The lowest BCUT2D eigenvalue weighted by molar-refractivity contribution is -0.0371. The maximum absolute atomic E-state index is 14.1. The molecule has 1 saturated carbocycles. The summed E-state index contributed by atoms with van der Waals surface area (Å²) in [5, 5.41) is -1.97. The molecule has 1 aliphatic carbocycles. The molecule has 1 fully saturated rings. The van der Waals surface area contributed by atoms with E-state index in [0.29, 0.717) is 0 Å². The van der Waals surface area contributed by atoms with E-state index >= 15 is 0 Å². The molecule has 6 heteroatoms. The summed E-state index contributed by atoms with van der Waals surface area (Å²) in [5.41, 5.74) is -2.44. The lowest BCUT2D eigenvalue weighted by atomic mass is 9.91. The van der Waals surface area contributed by atoms with E-state index in [1.807, 2.05) is 0 Å². The second-order valence-electron chi connectivity index (χ2n) is 3.74. The maximum atomic E-state index is 14.1. The minimum Gasteiger partial charge on any atom is -0.239 e. The Balaban J connectivity index is 3.13. The van der Waals surface area contributed by atoms with Gasteiger partial charge < -0.3 is 0 Å². The molecule has 0 spiro atoms. The summed E-state index contributed by atoms with van der Waals surface area (Å²) in [7, 11) is 0. The van der Waals surface area contributed by atoms with Gasteiger partial charge in [0.15, 0.2) is 5.67 Å². The maximum Gasteiger partial charge on any atom is 0.270 e. The third-order valence-electron chi connectivity index (χ3n) is 3.12. The molecule has 0 radical (unpaired) electrons. The van der Waals surface area contributed by atoms with Gasteiger partial charge in [-0.3, -0.25) is 0 Å². The van der Waals surface area contributed by atoms with Gasteiger partial charge in [-0.1, -0.05) is 13.8 Å². The van der Waals surface area contributed by atoms with Crippen LogP contribution in [-0.4, -0.2) is 21.8 Å². The summed E-state index contributed by atoms with van der Waals surface area (Å²) < 4.78 is 40.8. The van der Waals surface area contributed by atoms with Crippen molar-refractivity contribution in [1.82, 2.24) is 0 Å². The van der Waals surface area contributed by atoms with Gasteiger partial charge in [0.25, 0.3) is 5.92 Å². The van der Waals surface area contributed by atoms with Gasteiger partial charge in [-0.05, 0) is 0 Å². The molecule has 0 aromatic heterocycles. The van der Waals surface area contributed by atoms with Crippen LogP contribution in [0.25, 0.3) is 0 Å². The third-order valence-corrected chi connectivity index (χ3v) is 4.41. The lowest BCUT2D eigenvalue weighted by Gasteiger charge is -2.29. The zero-order valence-electron chi connectivity index (χ0n) is 7.58. The molecule has 0 saturated heterocycles. The van der Waals surface area contributed by atoms with Crippen molar-refractivity contribution in [2.75, 3.05) is 0 Å². The van der Waals surface area contributed by atoms with Crippen LogP contribution >= 0.6 is 34.8 Å². The number of hydrogen-bond donors (Lipinski definition) is 0. The highest BCUT2D eigenvalue weighted by Crippen LogP contribution is 2.57. The molecule has 0 bridgehead atoms. The average molecular weight is 270 g/mol. The van der Waals surface area contributed by atoms with Crippen molar-refractivity contribution in [1.29, 1.82) is 0 Å². The first-order chi connectivity index (χ1) is 6.16. The van der Waals surface area contributed by atoms with Gasteiger partial charge >= 0.3 is 0 Å². The normalized spacial score (nSPS) is 47.4. The predicted octanol–water partition coefficient (Wildman–Crippen LogP) is 4.03. The van der Waals surface area contributed by atoms with Gasteiger partial charge in [0.2, 0.25) is 0 Å². The molecule has 0 N–H and O–H groups in total. The number of alkyl halides is 6. The molecule has 0 aromatic rings. The van der Waals surface area contributed by atoms with Crippen LogP contribution in [0.3, 0.4) is 0 Å². The quantitative estimate of drug-likeness (QED) is 0.631. The molecule has 1 aliphatic rings. The second-order valence-corrected chi connectivity index (χ2v) is 5.28. The first-order valence-electron chi connectivity index (χ1n) is 4.15. The van der Waals surface area contributed by atoms with E-state index in [1.54, 1.807) is 0 Å². The lowest BCUT2D eigenvalue weighted by Crippen LogP contribution is -2.45. The van der Waals surface area contributed by atoms with Crippen LogP contribution in [-0.2, 0) is 0 Å². The monoisotopic (exact) mass is 268 g/mol. The Labute approximate surface area is 95.7 Å². The molecule has 0 heterocycles. The Morgan fingerprint density at radius 2 is 1.50 bits per heavy atom. The molecular formula is C8H10Cl3F3. The van der Waals surface area contributed by atoms with Crippen LogP contribution in [0.4, 0.5) is 13.2 Å². The summed E-state index contributed by atoms with van der Waals surface area (Å²) in [4.78, 5) is -1.55. The Morgan fingerprint density at radius 1 is 1.07 bits per heavy atom. The van der Waals surface area contributed by atoms with Crippen LogP contribution in [0.15, 0.2) is 0 Å². The fraction of sp³-hybridized carbons (Fsp3) is 1.00. The van der Waals surface area contributed by atoms with E-state index in [1.165, 1.54) is 13.8 Å². The SMILES string of the molecule is CC1C(C)C(F)(C(Cl)Cl)C(Cl)C1(F)F. The van der Waals surface area contributed by atoms with Gasteiger partial charge in [-0.15, -0.1) is 34.8 Å². The Hall–Kier alpha value is 0.660. The Kier molecular flexibility index (Phi) is 3.27. The van der Waals surface area contributed by atoms with E-state index in [-0.39, 0.29) is 0 Å². The molecule has 4 atom stereocenters. The van der Waals surface area contributed by atoms with Crippen molar-refractivity contribution in [3.05, 3.63) is 0 Å². The third kappa shape index (κ3) is 1.43. The molecule has 0 aromatic carbocycles. The van der Waals surface area contributed by atoms with E-state index < -0.39 is 33.6 Å². The predicted molar refractivity (Wildman–Crippen MR) is 52.2 cm³/mol. The fourth-order valence-electron chi connectivity index (χ4n) is 1.78. The van der Waals surface area contributed by atoms with Crippen LogP contribution in [0, 0.1) is 11.8 Å². The van der Waals surface area contributed by atoms with E-state index in [0.717, 1.165) is 0 Å². The van der Waals surface area contributed by atoms with E-state index in [2.05, 4.69) is 0 Å². The van der Waals surface area contributed by atoms with Gasteiger partial charge in [0.1, 0.15) is 10.2 Å². The Morgan fingerprint density at radius 3 is 1.64 bits per heavy atom. The molecule has 0 amide bonds. The minimum atomic E-state index is -3.28. The van der Waals surface area contributed by atoms with Crippen LogP contribution in [0.5, 0.6) is 0 Å².